The average Bonchev–Trinajstić information content (AvgIpc) is 3.24. The highest BCUT2D eigenvalue weighted by atomic mass is 28.3. The fourth-order valence-corrected chi connectivity index (χ4v) is 8.41. The zero-order valence-corrected chi connectivity index (χ0v) is 21.6. The molecule has 1 N–H and O–H groups in total. The first kappa shape index (κ1) is 15.4. The molecule has 202 valence electrons. The van der Waals surface area contributed by atoms with Gasteiger partial charge in [0, 0.05) is 62.9 Å². The summed E-state index contributed by atoms with van der Waals surface area (Å²) in [6, 6.07) is 3.85. The normalized spacial score (nSPS) is 34.1. The fraction of sp³-hybridized carbons (Fsp3) is 0.333. The maximum absolute atomic E-state index is 15.9. The van der Waals surface area contributed by atoms with E-state index in [1.807, 2.05) is 0 Å². The number of carbonyl (C=O) groups is 1. The number of anilines is 1. The van der Waals surface area contributed by atoms with Crippen LogP contribution in [0.2, 0.25) is 13.1 Å². The lowest BCUT2D eigenvalue weighted by atomic mass is 9.86. The Labute approximate surface area is 242 Å². The predicted molar refractivity (Wildman–Crippen MR) is 146 cm³/mol. The van der Waals surface area contributed by atoms with Crippen molar-refractivity contribution in [2.45, 2.75) is 38.6 Å². The summed E-state index contributed by atoms with van der Waals surface area (Å²) in [5, 5.41) is 10.4. The summed E-state index contributed by atoms with van der Waals surface area (Å²) < 4.78 is 161. The molecule has 1 aliphatic carbocycles. The number of allylic oxidation sites excluding steroid dienone is 5. The van der Waals surface area contributed by atoms with Crippen molar-refractivity contribution in [1.82, 2.24) is 0 Å². The molecule has 6 rings (SSSR count). The van der Waals surface area contributed by atoms with E-state index in [-0.39, 0.29) is 32.9 Å². The second-order valence-corrected chi connectivity index (χ2v) is 14.1. The van der Waals surface area contributed by atoms with Gasteiger partial charge in [0.05, 0.1) is 0 Å². The molecule has 2 aromatic carbocycles. The minimum atomic E-state index is -3.33. The third-order valence-corrected chi connectivity index (χ3v) is 10.8. The lowest BCUT2D eigenvalue weighted by molar-refractivity contribution is -0.504. The molecule has 3 aliphatic heterocycles. The number of carboxylic acid groups (broad SMARTS) is 1. The summed E-state index contributed by atoms with van der Waals surface area (Å²) in [7, 11) is -3.33. The number of hydrogen-bond donors (Lipinski definition) is 1. The van der Waals surface area contributed by atoms with Gasteiger partial charge in [-0.05, 0) is 58.0 Å². The molecule has 0 aromatic heterocycles. The molecule has 0 radical (unpaired) electrons. The van der Waals surface area contributed by atoms with E-state index in [0.717, 1.165) is 9.48 Å². The molecule has 0 saturated carbocycles. The Morgan fingerprint density at radius 2 is 1.79 bits per heavy atom. The highest BCUT2D eigenvalue weighted by molar-refractivity contribution is 6.98. The Morgan fingerprint density at radius 3 is 2.46 bits per heavy atom. The number of aromatic carboxylic acids is 1. The predicted octanol–water partition coefficient (Wildman–Crippen LogP) is 5.56. The Kier molecular flexibility index (Phi) is 3.67. The number of fused-ring (bicyclic) bond motifs is 2. The van der Waals surface area contributed by atoms with Crippen LogP contribution in [0.1, 0.15) is 63.4 Å². The van der Waals surface area contributed by atoms with Crippen LogP contribution in [-0.4, -0.2) is 55.5 Å². The Hall–Kier alpha value is -3.46. The van der Waals surface area contributed by atoms with Crippen LogP contribution in [0.25, 0.3) is 5.57 Å². The van der Waals surface area contributed by atoms with Crippen molar-refractivity contribution in [2.24, 2.45) is 0 Å². The van der Waals surface area contributed by atoms with Crippen LogP contribution in [0.3, 0.4) is 0 Å². The van der Waals surface area contributed by atoms with Gasteiger partial charge >= 0.3 is 5.97 Å². The van der Waals surface area contributed by atoms with Gasteiger partial charge in [-0.25, -0.2) is 26.9 Å². The van der Waals surface area contributed by atoms with Gasteiger partial charge in [-0.2, -0.15) is 0 Å². The van der Waals surface area contributed by atoms with E-state index in [0.29, 0.717) is 0 Å². The summed E-state index contributed by atoms with van der Waals surface area (Å²) in [6.45, 7) is -3.86. The molecule has 39 heavy (non-hydrogen) atoms. The maximum atomic E-state index is 15.9. The molecule has 0 amide bonds. The first-order valence-corrected chi connectivity index (χ1v) is 14.9. The van der Waals surface area contributed by atoms with Gasteiger partial charge in [0.15, 0.2) is 29.0 Å². The molecule has 0 spiro atoms. The van der Waals surface area contributed by atoms with Crippen LogP contribution in [-0.2, 0) is 0 Å². The van der Waals surface area contributed by atoms with Gasteiger partial charge in [-0.3, -0.25) is 0 Å². The molecule has 4 aliphatic rings. The van der Waals surface area contributed by atoms with Crippen molar-refractivity contribution in [1.29, 1.82) is 0 Å². The van der Waals surface area contributed by atoms with Gasteiger partial charge in [0.2, 0.25) is 0 Å². The molecule has 2 fully saturated rings. The molecule has 0 unspecified atom stereocenters. The van der Waals surface area contributed by atoms with Crippen molar-refractivity contribution < 1.29 is 48.5 Å². The van der Waals surface area contributed by atoms with Crippen LogP contribution in [0.15, 0.2) is 47.2 Å². The summed E-state index contributed by atoms with van der Waals surface area (Å²) in [6.07, 6.45) is -7.51. The van der Waals surface area contributed by atoms with Crippen LogP contribution in [0, 0.1) is 23.3 Å². The molecular weight excluding hydrogens is 524 g/mol. The van der Waals surface area contributed by atoms with E-state index in [2.05, 4.69) is 0 Å². The third kappa shape index (κ3) is 3.92. The van der Waals surface area contributed by atoms with E-state index in [4.69, 9.17) is 16.4 Å². The largest absolute Gasteiger partial charge is 0.478 e. The topological polar surface area (TPSA) is 43.5 Å². The minimum absolute atomic E-state index is 0.00239. The quantitative estimate of drug-likeness (QED) is 0.174. The molecule has 2 saturated heterocycles. The minimum Gasteiger partial charge on any atom is -0.478 e. The van der Waals surface area contributed by atoms with E-state index in [1.54, 1.807) is 13.1 Å². The first-order chi connectivity index (χ1) is 23.1. The van der Waals surface area contributed by atoms with Crippen LogP contribution >= 0.6 is 0 Å². The third-order valence-electron chi connectivity index (χ3n) is 7.28. The van der Waals surface area contributed by atoms with Crippen molar-refractivity contribution in [3.05, 3.63) is 87.2 Å². The Balaban J connectivity index is 1.71. The highest BCUT2D eigenvalue weighted by Crippen LogP contribution is 2.44. The molecule has 9 heteroatoms. The summed E-state index contributed by atoms with van der Waals surface area (Å²) in [5.74, 6) is -11.0. The van der Waals surface area contributed by atoms with E-state index in [9.17, 15) is 18.7 Å². The van der Waals surface area contributed by atoms with Gasteiger partial charge < -0.3 is 10.0 Å². The van der Waals surface area contributed by atoms with Gasteiger partial charge in [-0.1, -0.05) is 19.2 Å². The number of benzene rings is 2. The SMILES string of the molecule is [2H]C1([2H])CN(c2ccc3c(c2)[Si](C)(C)C2=CC(=[N+]4CC([2H])([2H])C([2H])([2H])C4([2H])[2H])C=CC2=C3c2c(F)c(F)c(F)c(F)c2C(=O)O)C([2H])([2H])C1([2H])[2H]. The second kappa shape index (κ2) is 9.33. The molecule has 2 aromatic rings. The molecule has 0 atom stereocenters. The van der Waals surface area contributed by atoms with Crippen LogP contribution < -0.4 is 10.1 Å². The van der Waals surface area contributed by atoms with Crippen molar-refractivity contribution in [3.8, 4) is 0 Å². The van der Waals surface area contributed by atoms with Gasteiger partial charge in [-0.15, -0.1) is 0 Å². The van der Waals surface area contributed by atoms with Crippen molar-refractivity contribution >= 4 is 36.2 Å². The zero-order chi connectivity index (χ0) is 38.4. The highest BCUT2D eigenvalue weighted by Gasteiger charge is 2.43. The lowest BCUT2D eigenvalue weighted by Gasteiger charge is -2.38. The molecular formula is C30H29F4N2O2Si+. The van der Waals surface area contributed by atoms with Crippen LogP contribution in [0.5, 0.6) is 0 Å². The molecule has 3 heterocycles. The fourth-order valence-electron chi connectivity index (χ4n) is 5.34. The Morgan fingerprint density at radius 1 is 1.03 bits per heavy atom. The standard InChI is InChI=1S/C30H28F4N2O2Si/c1-39(2)21-15-17(35-11-3-4-12-35)7-9-19(21)23(20-10-8-18(16-22(20)39)36-13-5-6-14-36)24-25(30(37)38)27(32)29(34)28(33)26(24)31/h7-10,15-16H,3-6,11-14H2,1-2H3/p+1/i3D2,4D2,5D2,6D2,11D2,13D2. The number of hydrogen-bond acceptors (Lipinski definition) is 2. The van der Waals surface area contributed by atoms with Gasteiger partial charge in [0.25, 0.3) is 0 Å². The summed E-state index contributed by atoms with van der Waals surface area (Å²) >= 11 is 0. The van der Waals surface area contributed by atoms with Crippen molar-refractivity contribution in [2.75, 3.05) is 31.0 Å². The monoisotopic (exact) mass is 565 g/mol. The summed E-state index contributed by atoms with van der Waals surface area (Å²) in [5.41, 5.74) is -3.23. The number of rotatable bonds is 3. The van der Waals surface area contributed by atoms with Gasteiger partial charge in [0.1, 0.15) is 29.4 Å². The number of halogens is 4. The summed E-state index contributed by atoms with van der Waals surface area (Å²) in [4.78, 5) is 13.2. The average molecular weight is 566 g/mol. The number of carboxylic acids is 1. The van der Waals surface area contributed by atoms with E-state index < -0.39 is 106 Å². The first-order valence-electron chi connectivity index (χ1n) is 17.9. The molecule has 0 bridgehead atoms. The second-order valence-electron chi connectivity index (χ2n) is 9.77. The Bertz CT molecular complexity index is 2100. The molecule has 4 nitrogen and oxygen atoms in total. The van der Waals surface area contributed by atoms with Crippen LogP contribution in [0.4, 0.5) is 23.2 Å². The van der Waals surface area contributed by atoms with E-state index >= 15 is 8.78 Å². The van der Waals surface area contributed by atoms with Crippen molar-refractivity contribution in [3.63, 3.8) is 0 Å². The lowest BCUT2D eigenvalue weighted by Crippen LogP contribution is -2.50. The number of nitrogens with zero attached hydrogens (tertiary/aromatic N) is 2. The zero-order valence-electron chi connectivity index (χ0n) is 32.6. The maximum Gasteiger partial charge on any atom is 0.339 e. The van der Waals surface area contributed by atoms with E-state index in [1.165, 1.54) is 36.4 Å². The smallest absolute Gasteiger partial charge is 0.339 e.